The van der Waals surface area contributed by atoms with Gasteiger partial charge in [0.15, 0.2) is 0 Å². The molecule has 0 fully saturated rings. The minimum atomic E-state index is -1.04. The van der Waals surface area contributed by atoms with Crippen LogP contribution < -0.4 is 5.32 Å². The van der Waals surface area contributed by atoms with Crippen molar-refractivity contribution in [1.82, 2.24) is 4.98 Å². The Morgan fingerprint density at radius 3 is 2.88 bits per heavy atom. The molecule has 4 aromatic rings. The van der Waals surface area contributed by atoms with E-state index in [0.29, 0.717) is 11.1 Å². The number of carboxylic acid groups (broad SMARTS) is 1. The van der Waals surface area contributed by atoms with Crippen molar-refractivity contribution in [2.24, 2.45) is 0 Å². The number of hydrogen-bond acceptors (Lipinski definition) is 3. The third-order valence-corrected chi connectivity index (χ3v) is 4.76. The number of aromatic carboxylic acids is 1. The third kappa shape index (κ3) is 2.92. The van der Waals surface area contributed by atoms with Crippen molar-refractivity contribution >= 4 is 33.5 Å². The molecule has 2 aromatic heterocycles. The molecule has 0 saturated carbocycles. The minimum Gasteiger partial charge on any atom is -0.475 e. The van der Waals surface area contributed by atoms with Gasteiger partial charge in [0.05, 0.1) is 0 Å². The molecule has 0 unspecified atom stereocenters. The van der Waals surface area contributed by atoms with Crippen LogP contribution in [0.4, 0.5) is 5.69 Å². The van der Waals surface area contributed by atoms with Crippen molar-refractivity contribution in [3.8, 4) is 0 Å². The van der Waals surface area contributed by atoms with Gasteiger partial charge in [-0.25, -0.2) is 4.79 Å². The van der Waals surface area contributed by atoms with Gasteiger partial charge in [-0.2, -0.15) is 0 Å². The lowest BCUT2D eigenvalue weighted by Gasteiger charge is -2.06. The standard InChI is InChI=1S/C21H20N2O3/c1-13-17-11-15(8-9-19(17)26-20(13)21(24)25)22-10-4-5-14-12-23-18-7-3-2-6-16(14)18/h2-3,6-9,11-12,22-23H,4-5,10H2,1H3,(H,24,25). The number of rotatable bonds is 6. The highest BCUT2D eigenvalue weighted by Crippen LogP contribution is 2.28. The molecule has 0 aliphatic heterocycles. The Balaban J connectivity index is 1.41. The molecule has 0 aliphatic carbocycles. The number of furan rings is 1. The maximum Gasteiger partial charge on any atom is 0.372 e. The summed E-state index contributed by atoms with van der Waals surface area (Å²) >= 11 is 0. The van der Waals surface area contributed by atoms with E-state index in [1.165, 1.54) is 16.5 Å². The van der Waals surface area contributed by atoms with Crippen molar-refractivity contribution < 1.29 is 14.3 Å². The maximum atomic E-state index is 11.2. The summed E-state index contributed by atoms with van der Waals surface area (Å²) in [6, 6.07) is 14.0. The van der Waals surface area contributed by atoms with E-state index in [4.69, 9.17) is 9.52 Å². The molecule has 132 valence electrons. The fourth-order valence-electron chi connectivity index (χ4n) is 3.38. The van der Waals surface area contributed by atoms with Crippen LogP contribution in [0.2, 0.25) is 0 Å². The lowest BCUT2D eigenvalue weighted by Crippen LogP contribution is -2.02. The number of aryl methyl sites for hydroxylation is 2. The number of benzene rings is 2. The first-order valence-corrected chi connectivity index (χ1v) is 8.69. The van der Waals surface area contributed by atoms with Crippen molar-refractivity contribution in [3.63, 3.8) is 0 Å². The van der Waals surface area contributed by atoms with Gasteiger partial charge < -0.3 is 19.8 Å². The number of anilines is 1. The van der Waals surface area contributed by atoms with Gasteiger partial charge in [0.2, 0.25) is 5.76 Å². The normalized spacial score (nSPS) is 11.3. The quantitative estimate of drug-likeness (QED) is 0.430. The van der Waals surface area contributed by atoms with Gasteiger partial charge in [0, 0.05) is 40.3 Å². The minimum absolute atomic E-state index is 0.0106. The summed E-state index contributed by atoms with van der Waals surface area (Å²) < 4.78 is 5.40. The molecule has 2 aromatic carbocycles. The van der Waals surface area contributed by atoms with Crippen LogP contribution in [0, 0.1) is 6.92 Å². The lowest BCUT2D eigenvalue weighted by molar-refractivity contribution is 0.0664. The predicted octanol–water partition coefficient (Wildman–Crippen LogP) is 4.97. The Labute approximate surface area is 150 Å². The molecular weight excluding hydrogens is 328 g/mol. The monoisotopic (exact) mass is 348 g/mol. The van der Waals surface area contributed by atoms with Gasteiger partial charge in [-0.15, -0.1) is 0 Å². The third-order valence-electron chi connectivity index (χ3n) is 4.76. The molecule has 0 spiro atoms. The molecule has 0 amide bonds. The van der Waals surface area contributed by atoms with Crippen LogP contribution in [-0.2, 0) is 6.42 Å². The Kier molecular flexibility index (Phi) is 4.13. The first-order chi connectivity index (χ1) is 12.6. The summed E-state index contributed by atoms with van der Waals surface area (Å²) in [6.07, 6.45) is 4.08. The van der Waals surface area contributed by atoms with Crippen molar-refractivity contribution in [2.75, 3.05) is 11.9 Å². The second-order valence-corrected chi connectivity index (χ2v) is 6.46. The number of aromatic amines is 1. The highest BCUT2D eigenvalue weighted by atomic mass is 16.4. The van der Waals surface area contributed by atoms with Crippen LogP contribution in [-0.4, -0.2) is 22.6 Å². The molecule has 0 aliphatic rings. The molecule has 5 nitrogen and oxygen atoms in total. The van der Waals surface area contributed by atoms with Crippen molar-refractivity contribution in [3.05, 3.63) is 65.5 Å². The first-order valence-electron chi connectivity index (χ1n) is 8.69. The van der Waals surface area contributed by atoms with E-state index >= 15 is 0 Å². The number of fused-ring (bicyclic) bond motifs is 2. The van der Waals surface area contributed by atoms with Crippen LogP contribution in [0.3, 0.4) is 0 Å². The van der Waals surface area contributed by atoms with Gasteiger partial charge in [-0.1, -0.05) is 18.2 Å². The second kappa shape index (κ2) is 6.59. The number of carbonyl (C=O) groups is 1. The van der Waals surface area contributed by atoms with E-state index in [1.54, 1.807) is 6.92 Å². The highest BCUT2D eigenvalue weighted by molar-refractivity contribution is 5.96. The number of nitrogens with one attached hydrogen (secondary N) is 2. The fraction of sp³-hybridized carbons (Fsp3) is 0.190. The summed E-state index contributed by atoms with van der Waals surface area (Å²) in [5, 5.41) is 14.7. The maximum absolute atomic E-state index is 11.2. The number of hydrogen-bond donors (Lipinski definition) is 3. The average Bonchev–Trinajstić information content (AvgIpc) is 3.20. The van der Waals surface area contributed by atoms with Crippen LogP contribution in [0.5, 0.6) is 0 Å². The van der Waals surface area contributed by atoms with Gasteiger partial charge in [0.1, 0.15) is 5.58 Å². The molecule has 0 bridgehead atoms. The SMILES string of the molecule is Cc1c(C(=O)O)oc2ccc(NCCCc3c[nH]c4ccccc34)cc12. The Morgan fingerprint density at radius 1 is 1.19 bits per heavy atom. The molecule has 5 heteroatoms. The summed E-state index contributed by atoms with van der Waals surface area (Å²) in [7, 11) is 0. The molecule has 4 rings (SSSR count). The molecule has 3 N–H and O–H groups in total. The Bertz CT molecular complexity index is 1090. The summed E-state index contributed by atoms with van der Waals surface area (Å²) in [4.78, 5) is 14.5. The zero-order valence-electron chi connectivity index (χ0n) is 14.5. The van der Waals surface area contributed by atoms with Gasteiger partial charge in [-0.3, -0.25) is 0 Å². The Morgan fingerprint density at radius 2 is 2.04 bits per heavy atom. The first kappa shape index (κ1) is 16.3. The number of para-hydroxylation sites is 1. The van der Waals surface area contributed by atoms with E-state index in [0.717, 1.165) is 30.5 Å². The van der Waals surface area contributed by atoms with E-state index in [1.807, 2.05) is 24.3 Å². The van der Waals surface area contributed by atoms with Gasteiger partial charge in [-0.05, 0) is 49.6 Å². The molecule has 0 saturated heterocycles. The summed E-state index contributed by atoms with van der Waals surface area (Å²) in [5.74, 6) is -1.02. The van der Waals surface area contributed by atoms with Crippen LogP contribution in [0.1, 0.15) is 28.1 Å². The highest BCUT2D eigenvalue weighted by Gasteiger charge is 2.16. The van der Waals surface area contributed by atoms with Gasteiger partial charge in [0.25, 0.3) is 0 Å². The molecular formula is C21H20N2O3. The van der Waals surface area contributed by atoms with E-state index in [9.17, 15) is 4.79 Å². The van der Waals surface area contributed by atoms with Crippen LogP contribution in [0.25, 0.3) is 21.9 Å². The Hall–Kier alpha value is -3.21. The van der Waals surface area contributed by atoms with Crippen LogP contribution in [0.15, 0.2) is 53.1 Å². The molecule has 0 radical (unpaired) electrons. The summed E-state index contributed by atoms with van der Waals surface area (Å²) in [5.41, 5.74) is 4.73. The predicted molar refractivity (Wildman–Crippen MR) is 103 cm³/mol. The van der Waals surface area contributed by atoms with Crippen molar-refractivity contribution in [1.29, 1.82) is 0 Å². The van der Waals surface area contributed by atoms with Gasteiger partial charge >= 0.3 is 5.97 Å². The van der Waals surface area contributed by atoms with E-state index < -0.39 is 5.97 Å². The lowest BCUT2D eigenvalue weighted by atomic mass is 10.1. The number of carboxylic acids is 1. The molecule has 2 heterocycles. The smallest absolute Gasteiger partial charge is 0.372 e. The van der Waals surface area contributed by atoms with E-state index in [-0.39, 0.29) is 5.76 Å². The average molecular weight is 348 g/mol. The van der Waals surface area contributed by atoms with E-state index in [2.05, 4.69) is 34.7 Å². The zero-order valence-corrected chi connectivity index (χ0v) is 14.5. The zero-order chi connectivity index (χ0) is 18.1. The second-order valence-electron chi connectivity index (χ2n) is 6.46. The topological polar surface area (TPSA) is 78.3 Å². The number of H-pyrrole nitrogens is 1. The largest absolute Gasteiger partial charge is 0.475 e. The number of aromatic nitrogens is 1. The van der Waals surface area contributed by atoms with Crippen LogP contribution >= 0.6 is 0 Å². The summed E-state index contributed by atoms with van der Waals surface area (Å²) in [6.45, 7) is 2.61. The van der Waals surface area contributed by atoms with Crippen molar-refractivity contribution in [2.45, 2.75) is 19.8 Å². The molecule has 26 heavy (non-hydrogen) atoms. The fourth-order valence-corrected chi connectivity index (χ4v) is 3.38. The molecule has 0 atom stereocenters.